The third kappa shape index (κ3) is 1.16. The van der Waals surface area contributed by atoms with E-state index in [2.05, 4.69) is 25.1 Å². The molecule has 0 saturated heterocycles. The van der Waals surface area contributed by atoms with Gasteiger partial charge in [-0.3, -0.25) is 4.79 Å². The molecular formula is C14H17NO. The van der Waals surface area contributed by atoms with Crippen LogP contribution in [0, 0.1) is 0 Å². The highest BCUT2D eigenvalue weighted by Crippen LogP contribution is 2.57. The molecule has 3 rings (SSSR count). The topological polar surface area (TPSA) is 20.3 Å². The minimum atomic E-state index is -0.107. The van der Waals surface area contributed by atoms with Crippen molar-refractivity contribution in [3.63, 3.8) is 0 Å². The zero-order valence-electron chi connectivity index (χ0n) is 9.70. The van der Waals surface area contributed by atoms with E-state index in [1.165, 1.54) is 11.3 Å². The molecule has 2 aliphatic rings. The number of anilines is 1. The van der Waals surface area contributed by atoms with Crippen molar-refractivity contribution < 1.29 is 4.79 Å². The number of hydrogen-bond donors (Lipinski definition) is 0. The molecule has 1 amide bonds. The lowest BCUT2D eigenvalue weighted by molar-refractivity contribution is -0.120. The summed E-state index contributed by atoms with van der Waals surface area (Å²) < 4.78 is 0. The average molecular weight is 215 g/mol. The van der Waals surface area contributed by atoms with Gasteiger partial charge in [0, 0.05) is 12.2 Å². The van der Waals surface area contributed by atoms with Crippen molar-refractivity contribution in [1.29, 1.82) is 0 Å². The molecule has 0 N–H and O–H groups in total. The minimum Gasteiger partial charge on any atom is -0.311 e. The van der Waals surface area contributed by atoms with Gasteiger partial charge in [-0.25, -0.2) is 0 Å². The summed E-state index contributed by atoms with van der Waals surface area (Å²) in [6.45, 7) is 3.05. The Morgan fingerprint density at radius 2 is 2.06 bits per heavy atom. The van der Waals surface area contributed by atoms with Crippen LogP contribution in [0.25, 0.3) is 0 Å². The van der Waals surface area contributed by atoms with Crippen LogP contribution in [0.15, 0.2) is 24.3 Å². The lowest BCUT2D eigenvalue weighted by Crippen LogP contribution is -2.32. The fourth-order valence-electron chi connectivity index (χ4n) is 2.74. The lowest BCUT2D eigenvalue weighted by atomic mass is 9.98. The van der Waals surface area contributed by atoms with Gasteiger partial charge < -0.3 is 4.90 Å². The van der Waals surface area contributed by atoms with E-state index in [0.717, 1.165) is 32.2 Å². The highest BCUT2D eigenvalue weighted by molar-refractivity contribution is 6.10. The molecule has 1 fully saturated rings. The summed E-state index contributed by atoms with van der Waals surface area (Å²) in [5, 5.41) is 0. The highest BCUT2D eigenvalue weighted by atomic mass is 16.2. The van der Waals surface area contributed by atoms with Crippen molar-refractivity contribution in [2.45, 2.75) is 38.0 Å². The van der Waals surface area contributed by atoms with E-state index in [9.17, 15) is 4.79 Å². The van der Waals surface area contributed by atoms with Crippen molar-refractivity contribution in [2.24, 2.45) is 0 Å². The SMILES string of the molecule is CCCCN1C(=O)C2(CC2)c2ccccc21. The Labute approximate surface area is 96.3 Å². The van der Waals surface area contributed by atoms with Gasteiger partial charge in [0.15, 0.2) is 0 Å². The third-order valence-corrected chi connectivity index (χ3v) is 3.85. The second kappa shape index (κ2) is 3.34. The monoisotopic (exact) mass is 215 g/mol. The number of nitrogens with zero attached hydrogens (tertiary/aromatic N) is 1. The molecule has 0 bridgehead atoms. The van der Waals surface area contributed by atoms with E-state index in [-0.39, 0.29) is 5.41 Å². The molecule has 0 unspecified atom stereocenters. The van der Waals surface area contributed by atoms with E-state index < -0.39 is 0 Å². The van der Waals surface area contributed by atoms with Gasteiger partial charge in [0.2, 0.25) is 5.91 Å². The Balaban J connectivity index is 1.99. The predicted octanol–water partition coefficient (Wildman–Crippen LogP) is 2.86. The molecule has 84 valence electrons. The van der Waals surface area contributed by atoms with Crippen molar-refractivity contribution in [1.82, 2.24) is 0 Å². The Kier molecular flexibility index (Phi) is 2.06. The molecule has 2 heteroatoms. The Bertz CT molecular complexity index is 434. The van der Waals surface area contributed by atoms with Gasteiger partial charge in [-0.15, -0.1) is 0 Å². The maximum atomic E-state index is 12.4. The number of rotatable bonds is 3. The quantitative estimate of drug-likeness (QED) is 0.759. The van der Waals surface area contributed by atoms with Crippen LogP contribution in [0.4, 0.5) is 5.69 Å². The summed E-state index contributed by atoms with van der Waals surface area (Å²) in [7, 11) is 0. The van der Waals surface area contributed by atoms with Gasteiger partial charge >= 0.3 is 0 Å². The summed E-state index contributed by atoms with van der Waals surface area (Å²) in [5.41, 5.74) is 2.33. The van der Waals surface area contributed by atoms with Crippen LogP contribution < -0.4 is 4.90 Å². The van der Waals surface area contributed by atoms with Gasteiger partial charge in [0.1, 0.15) is 0 Å². The van der Waals surface area contributed by atoms with Crippen molar-refractivity contribution >= 4 is 11.6 Å². The standard InChI is InChI=1S/C14H17NO/c1-2-3-10-15-12-7-5-4-6-11(12)14(8-9-14)13(15)16/h4-7H,2-3,8-10H2,1H3. The van der Waals surface area contributed by atoms with Gasteiger partial charge in [0.05, 0.1) is 5.41 Å². The second-order valence-electron chi connectivity index (χ2n) is 4.91. The average Bonchev–Trinajstić information content (AvgIpc) is 3.07. The Hall–Kier alpha value is -1.31. The molecule has 0 aromatic heterocycles. The van der Waals surface area contributed by atoms with E-state index in [1.807, 2.05) is 11.0 Å². The van der Waals surface area contributed by atoms with Crippen LogP contribution in [0.2, 0.25) is 0 Å². The number of carbonyl (C=O) groups is 1. The molecule has 0 atom stereocenters. The molecule has 1 aromatic rings. The number of carbonyl (C=O) groups excluding carboxylic acids is 1. The van der Waals surface area contributed by atoms with Gasteiger partial charge in [-0.1, -0.05) is 31.5 Å². The molecule has 1 spiro atoms. The van der Waals surface area contributed by atoms with E-state index >= 15 is 0 Å². The van der Waals surface area contributed by atoms with Crippen LogP contribution in [0.5, 0.6) is 0 Å². The van der Waals surface area contributed by atoms with E-state index in [4.69, 9.17) is 0 Å². The van der Waals surface area contributed by atoms with Crippen molar-refractivity contribution in [3.05, 3.63) is 29.8 Å². The van der Waals surface area contributed by atoms with Crippen molar-refractivity contribution in [2.75, 3.05) is 11.4 Å². The fourth-order valence-corrected chi connectivity index (χ4v) is 2.74. The van der Waals surface area contributed by atoms with Crippen LogP contribution >= 0.6 is 0 Å². The number of para-hydroxylation sites is 1. The number of unbranched alkanes of at least 4 members (excludes halogenated alkanes) is 1. The van der Waals surface area contributed by atoms with Gasteiger partial charge in [-0.2, -0.15) is 0 Å². The van der Waals surface area contributed by atoms with E-state index in [0.29, 0.717) is 5.91 Å². The Morgan fingerprint density at radius 3 is 2.75 bits per heavy atom. The summed E-state index contributed by atoms with van der Waals surface area (Å²) in [6, 6.07) is 8.31. The Morgan fingerprint density at radius 1 is 1.31 bits per heavy atom. The summed E-state index contributed by atoms with van der Waals surface area (Å²) >= 11 is 0. The number of fused-ring (bicyclic) bond motifs is 2. The largest absolute Gasteiger partial charge is 0.311 e. The summed E-state index contributed by atoms with van der Waals surface area (Å²) in [5.74, 6) is 0.349. The van der Waals surface area contributed by atoms with Crippen LogP contribution in [0.1, 0.15) is 38.2 Å². The molecule has 16 heavy (non-hydrogen) atoms. The molecule has 2 nitrogen and oxygen atoms in total. The van der Waals surface area contributed by atoms with E-state index in [1.54, 1.807) is 0 Å². The van der Waals surface area contributed by atoms with Crippen molar-refractivity contribution in [3.8, 4) is 0 Å². The second-order valence-corrected chi connectivity index (χ2v) is 4.91. The van der Waals surface area contributed by atoms with Gasteiger partial charge in [-0.05, 0) is 30.9 Å². The third-order valence-electron chi connectivity index (χ3n) is 3.85. The van der Waals surface area contributed by atoms with Crippen LogP contribution in [0.3, 0.4) is 0 Å². The molecule has 1 aliphatic heterocycles. The lowest BCUT2D eigenvalue weighted by Gasteiger charge is -2.17. The zero-order chi connectivity index (χ0) is 11.2. The molecule has 1 heterocycles. The smallest absolute Gasteiger partial charge is 0.237 e. The zero-order valence-corrected chi connectivity index (χ0v) is 9.70. The first-order valence-electron chi connectivity index (χ1n) is 6.21. The molecule has 1 aliphatic carbocycles. The fraction of sp³-hybridized carbons (Fsp3) is 0.500. The normalized spacial score (nSPS) is 20.3. The highest BCUT2D eigenvalue weighted by Gasteiger charge is 2.58. The number of amides is 1. The molecule has 1 saturated carbocycles. The predicted molar refractivity (Wildman–Crippen MR) is 64.6 cm³/mol. The first-order valence-corrected chi connectivity index (χ1v) is 6.21. The summed E-state index contributed by atoms with van der Waals surface area (Å²) in [6.07, 6.45) is 4.33. The van der Waals surface area contributed by atoms with Crippen LogP contribution in [-0.2, 0) is 10.2 Å². The minimum absolute atomic E-state index is 0.107. The maximum Gasteiger partial charge on any atom is 0.237 e. The van der Waals surface area contributed by atoms with Crippen LogP contribution in [-0.4, -0.2) is 12.5 Å². The number of benzene rings is 1. The molecular weight excluding hydrogens is 198 g/mol. The number of hydrogen-bond acceptors (Lipinski definition) is 1. The molecule has 1 aromatic carbocycles. The maximum absolute atomic E-state index is 12.4. The summed E-state index contributed by atoms with van der Waals surface area (Å²) in [4.78, 5) is 14.4. The van der Waals surface area contributed by atoms with Gasteiger partial charge in [0.25, 0.3) is 0 Å². The molecule has 0 radical (unpaired) electrons. The first kappa shape index (κ1) is 9.88. The first-order chi connectivity index (χ1) is 7.79.